The molecule has 1 atom stereocenters. The van der Waals surface area contributed by atoms with E-state index < -0.39 is 0 Å². The van der Waals surface area contributed by atoms with E-state index >= 15 is 0 Å². The van der Waals surface area contributed by atoms with Crippen molar-refractivity contribution in [3.63, 3.8) is 0 Å². The standard InChI is InChI=1S/C27H35N3O2/c1-19-10-13-29(14-11-19)27(32)26-24-7-5-4-6-23(24)12-15-30(26)18-25(31)28-17-22-9-8-20(2)21(3)16-22/h4-9,16,19,26H,10-15,17-18H2,1-3H3,(H,28,31)/t26-/m0/s1. The smallest absolute Gasteiger partial charge is 0.244 e. The second kappa shape index (κ2) is 9.86. The Bertz CT molecular complexity index is 979. The minimum absolute atomic E-state index is 0.0346. The van der Waals surface area contributed by atoms with Crippen molar-refractivity contribution in [3.8, 4) is 0 Å². The predicted molar refractivity (Wildman–Crippen MR) is 127 cm³/mol. The summed E-state index contributed by atoms with van der Waals surface area (Å²) in [4.78, 5) is 30.5. The van der Waals surface area contributed by atoms with Gasteiger partial charge < -0.3 is 10.2 Å². The van der Waals surface area contributed by atoms with Crippen LogP contribution in [-0.2, 0) is 22.6 Å². The zero-order valence-electron chi connectivity index (χ0n) is 19.6. The van der Waals surface area contributed by atoms with Gasteiger partial charge in [-0.15, -0.1) is 0 Å². The Kier molecular flexibility index (Phi) is 6.95. The maximum atomic E-state index is 13.6. The van der Waals surface area contributed by atoms with Crippen molar-refractivity contribution >= 4 is 11.8 Å². The topological polar surface area (TPSA) is 52.7 Å². The molecule has 170 valence electrons. The number of piperidine rings is 1. The fourth-order valence-corrected chi connectivity index (χ4v) is 4.83. The van der Waals surface area contributed by atoms with Gasteiger partial charge in [-0.1, -0.05) is 49.4 Å². The molecule has 0 bridgehead atoms. The number of nitrogens with zero attached hydrogens (tertiary/aromatic N) is 2. The molecule has 1 saturated heterocycles. The van der Waals surface area contributed by atoms with Gasteiger partial charge in [0.2, 0.25) is 11.8 Å². The Morgan fingerprint density at radius 2 is 1.75 bits per heavy atom. The van der Waals surface area contributed by atoms with Gasteiger partial charge in [-0.25, -0.2) is 0 Å². The molecule has 2 aromatic rings. The average Bonchev–Trinajstić information content (AvgIpc) is 2.80. The summed E-state index contributed by atoms with van der Waals surface area (Å²) in [5, 5.41) is 3.06. The van der Waals surface area contributed by atoms with E-state index in [2.05, 4.69) is 61.3 Å². The molecule has 0 aliphatic carbocycles. The van der Waals surface area contributed by atoms with Gasteiger partial charge in [-0.2, -0.15) is 0 Å². The van der Waals surface area contributed by atoms with Crippen molar-refractivity contribution < 1.29 is 9.59 Å². The van der Waals surface area contributed by atoms with Gasteiger partial charge in [0.15, 0.2) is 0 Å². The van der Waals surface area contributed by atoms with E-state index in [0.717, 1.165) is 43.5 Å². The summed E-state index contributed by atoms with van der Waals surface area (Å²) in [5.41, 5.74) is 5.86. The fraction of sp³-hybridized carbons (Fsp3) is 0.481. The van der Waals surface area contributed by atoms with Gasteiger partial charge in [-0.05, 0) is 66.8 Å². The molecule has 2 aromatic carbocycles. The van der Waals surface area contributed by atoms with Gasteiger partial charge >= 0.3 is 0 Å². The van der Waals surface area contributed by atoms with Crippen LogP contribution in [0.2, 0.25) is 0 Å². The third-order valence-corrected chi connectivity index (χ3v) is 7.12. The van der Waals surface area contributed by atoms with Crippen LogP contribution in [0.5, 0.6) is 0 Å². The quantitative estimate of drug-likeness (QED) is 0.781. The Labute approximate surface area is 191 Å². The van der Waals surface area contributed by atoms with E-state index in [-0.39, 0.29) is 24.4 Å². The first-order chi connectivity index (χ1) is 15.4. The van der Waals surface area contributed by atoms with E-state index in [1.165, 1.54) is 16.7 Å². The molecule has 2 aliphatic heterocycles. The third-order valence-electron chi connectivity index (χ3n) is 7.12. The van der Waals surface area contributed by atoms with Crippen LogP contribution in [0.4, 0.5) is 0 Å². The van der Waals surface area contributed by atoms with E-state index in [1.54, 1.807) is 0 Å². The van der Waals surface area contributed by atoms with Crippen molar-refractivity contribution in [1.29, 1.82) is 0 Å². The van der Waals surface area contributed by atoms with Crippen molar-refractivity contribution in [3.05, 3.63) is 70.3 Å². The highest BCUT2D eigenvalue weighted by Gasteiger charge is 2.37. The molecule has 4 rings (SSSR count). The first kappa shape index (κ1) is 22.5. The largest absolute Gasteiger partial charge is 0.351 e. The molecule has 0 radical (unpaired) electrons. The SMILES string of the molecule is Cc1ccc(CNC(=O)CN2CCc3ccccc3[C@H]2C(=O)N2CCC(C)CC2)cc1C. The van der Waals surface area contributed by atoms with Crippen molar-refractivity contribution in [2.75, 3.05) is 26.2 Å². The van der Waals surface area contributed by atoms with Crippen LogP contribution in [0.1, 0.15) is 53.6 Å². The molecule has 32 heavy (non-hydrogen) atoms. The first-order valence-corrected chi connectivity index (χ1v) is 11.9. The normalized spacial score (nSPS) is 19.5. The number of carbonyl (C=O) groups is 2. The van der Waals surface area contributed by atoms with Crippen LogP contribution >= 0.6 is 0 Å². The summed E-state index contributed by atoms with van der Waals surface area (Å²) in [5.74, 6) is 0.781. The summed E-state index contributed by atoms with van der Waals surface area (Å²) in [6.07, 6.45) is 2.97. The highest BCUT2D eigenvalue weighted by atomic mass is 16.2. The van der Waals surface area contributed by atoms with Crippen LogP contribution in [0.3, 0.4) is 0 Å². The molecule has 0 saturated carbocycles. The fourth-order valence-electron chi connectivity index (χ4n) is 4.83. The molecule has 1 N–H and O–H groups in total. The molecule has 5 heteroatoms. The van der Waals surface area contributed by atoms with Gasteiger partial charge in [0.25, 0.3) is 0 Å². The number of rotatable bonds is 5. The van der Waals surface area contributed by atoms with E-state index in [4.69, 9.17) is 0 Å². The highest BCUT2D eigenvalue weighted by Crippen LogP contribution is 2.32. The molecule has 2 amide bonds. The lowest BCUT2D eigenvalue weighted by Gasteiger charge is -2.40. The molecule has 2 aliphatic rings. The molecular formula is C27H35N3O2. The lowest BCUT2D eigenvalue weighted by Crippen LogP contribution is -2.50. The maximum absolute atomic E-state index is 13.6. The summed E-state index contributed by atoms with van der Waals surface area (Å²) in [6, 6.07) is 14.1. The monoisotopic (exact) mass is 433 g/mol. The van der Waals surface area contributed by atoms with Crippen molar-refractivity contribution in [2.45, 2.75) is 52.6 Å². The minimum atomic E-state index is -0.374. The van der Waals surface area contributed by atoms with Gasteiger partial charge in [0.1, 0.15) is 6.04 Å². The van der Waals surface area contributed by atoms with E-state index in [0.29, 0.717) is 19.0 Å². The number of hydrogen-bond donors (Lipinski definition) is 1. The summed E-state index contributed by atoms with van der Waals surface area (Å²) in [7, 11) is 0. The molecule has 5 nitrogen and oxygen atoms in total. The van der Waals surface area contributed by atoms with Crippen LogP contribution in [-0.4, -0.2) is 47.8 Å². The molecule has 2 heterocycles. The number of amides is 2. The Balaban J connectivity index is 1.46. The predicted octanol–water partition coefficient (Wildman–Crippen LogP) is 3.78. The number of carbonyl (C=O) groups excluding carboxylic acids is 2. The molecular weight excluding hydrogens is 398 g/mol. The summed E-state index contributed by atoms with van der Waals surface area (Å²) >= 11 is 0. The van der Waals surface area contributed by atoms with Gasteiger partial charge in [0, 0.05) is 26.2 Å². The van der Waals surface area contributed by atoms with E-state index in [9.17, 15) is 9.59 Å². The molecule has 1 fully saturated rings. The molecule has 0 spiro atoms. The summed E-state index contributed by atoms with van der Waals surface area (Å²) < 4.78 is 0. The lowest BCUT2D eigenvalue weighted by molar-refractivity contribution is -0.140. The van der Waals surface area contributed by atoms with Gasteiger partial charge in [0.05, 0.1) is 6.54 Å². The third kappa shape index (κ3) is 5.04. The lowest BCUT2D eigenvalue weighted by atomic mass is 9.90. The number of nitrogens with one attached hydrogen (secondary N) is 1. The van der Waals surface area contributed by atoms with Crippen LogP contribution in [0, 0.1) is 19.8 Å². The Morgan fingerprint density at radius 1 is 1.00 bits per heavy atom. The van der Waals surface area contributed by atoms with E-state index in [1.807, 2.05) is 17.0 Å². The highest BCUT2D eigenvalue weighted by molar-refractivity contribution is 5.85. The summed E-state index contributed by atoms with van der Waals surface area (Å²) in [6.45, 7) is 9.51. The van der Waals surface area contributed by atoms with Gasteiger partial charge in [-0.3, -0.25) is 14.5 Å². The van der Waals surface area contributed by atoms with Crippen LogP contribution in [0.25, 0.3) is 0 Å². The number of fused-ring (bicyclic) bond motifs is 1. The number of likely N-dealkylation sites (tertiary alicyclic amines) is 1. The zero-order valence-corrected chi connectivity index (χ0v) is 19.6. The maximum Gasteiger partial charge on any atom is 0.244 e. The zero-order chi connectivity index (χ0) is 22.7. The van der Waals surface area contributed by atoms with Crippen LogP contribution in [0.15, 0.2) is 42.5 Å². The minimum Gasteiger partial charge on any atom is -0.351 e. The van der Waals surface area contributed by atoms with Crippen LogP contribution < -0.4 is 5.32 Å². The number of aryl methyl sites for hydroxylation is 2. The number of benzene rings is 2. The first-order valence-electron chi connectivity index (χ1n) is 11.9. The van der Waals surface area contributed by atoms with Crippen molar-refractivity contribution in [1.82, 2.24) is 15.1 Å². The average molecular weight is 434 g/mol. The Morgan fingerprint density at radius 3 is 2.50 bits per heavy atom. The Hall–Kier alpha value is -2.66. The second-order valence-corrected chi connectivity index (χ2v) is 9.52. The number of hydrogen-bond acceptors (Lipinski definition) is 3. The second-order valence-electron chi connectivity index (χ2n) is 9.52. The van der Waals surface area contributed by atoms with Crippen molar-refractivity contribution in [2.24, 2.45) is 5.92 Å². The molecule has 0 aromatic heterocycles. The molecule has 0 unspecified atom stereocenters.